The Balaban J connectivity index is 0.00000420. The number of aromatic nitrogens is 4. The van der Waals surface area contributed by atoms with Crippen LogP contribution in [0.15, 0.2) is 199 Å². The quantitative estimate of drug-likeness (QED) is 0.149. The van der Waals surface area contributed by atoms with Crippen LogP contribution >= 0.6 is 0 Å². The number of hydrogen-bond donors (Lipinski definition) is 0. The minimum atomic E-state index is 0. The predicted octanol–water partition coefficient (Wildman–Crippen LogP) is 13.8. The Morgan fingerprint density at radius 1 is 0.492 bits per heavy atom. The normalized spacial score (nSPS) is 11.5. The van der Waals surface area contributed by atoms with Crippen LogP contribution in [0, 0.1) is 12.1 Å². The van der Waals surface area contributed by atoms with Gasteiger partial charge in [-0.3, -0.25) is 4.57 Å². The third-order valence-electron chi connectivity index (χ3n) is 11.2. The molecule has 0 aliphatic carbocycles. The maximum atomic E-state index is 6.82. The van der Waals surface area contributed by atoms with Crippen LogP contribution in [-0.2, 0) is 21.1 Å². The molecule has 61 heavy (non-hydrogen) atoms. The van der Waals surface area contributed by atoms with Gasteiger partial charge in [-0.25, -0.2) is 4.98 Å². The second-order valence-electron chi connectivity index (χ2n) is 14.8. The van der Waals surface area contributed by atoms with Crippen molar-refractivity contribution in [1.82, 2.24) is 19.1 Å². The molecule has 4 aromatic heterocycles. The summed E-state index contributed by atoms with van der Waals surface area (Å²) < 4.78 is 18.0. The van der Waals surface area contributed by atoms with E-state index in [9.17, 15) is 0 Å². The first-order valence-corrected chi connectivity index (χ1v) is 19.9. The largest absolute Gasteiger partial charge is 2.00 e. The Bertz CT molecular complexity index is 3580. The summed E-state index contributed by atoms with van der Waals surface area (Å²) in [5, 5.41) is 4.03. The van der Waals surface area contributed by atoms with E-state index < -0.39 is 0 Å². The summed E-state index contributed by atoms with van der Waals surface area (Å²) in [4.78, 5) is 10.1. The van der Waals surface area contributed by atoms with E-state index in [4.69, 9.17) is 19.1 Å². The molecule has 0 saturated heterocycles. The SMILES string of the molecule is [Pt+2].[c-]1c(Oc2[c-]c3c(cc2)c2ccccc2n3-c2nc3ccccc3n2-c2ccccc2)cc2c(oc3cc(-c4ccccc4)ccc32)c1-c1cc(-c2ccccc2)ccn1. The maximum Gasteiger partial charge on any atom is 2.00 e. The van der Waals surface area contributed by atoms with Crippen molar-refractivity contribution in [1.29, 1.82) is 0 Å². The zero-order valence-electron chi connectivity index (χ0n) is 32.4. The molecule has 12 rings (SSSR count). The molecule has 0 aliphatic rings. The molecular formula is C54H32N4O2Pt. The van der Waals surface area contributed by atoms with Gasteiger partial charge in [-0.2, -0.15) is 6.07 Å². The van der Waals surface area contributed by atoms with Crippen LogP contribution in [-0.4, -0.2) is 19.1 Å². The number of rotatable bonds is 7. The topological polar surface area (TPSA) is 58.0 Å². The van der Waals surface area contributed by atoms with E-state index in [0.717, 1.165) is 88.8 Å². The van der Waals surface area contributed by atoms with E-state index in [1.165, 1.54) is 0 Å². The van der Waals surface area contributed by atoms with Crippen LogP contribution in [0.4, 0.5) is 0 Å². The second kappa shape index (κ2) is 14.9. The van der Waals surface area contributed by atoms with Gasteiger partial charge in [-0.15, -0.1) is 17.5 Å². The molecule has 0 atom stereocenters. The number of imidazole rings is 1. The van der Waals surface area contributed by atoms with Gasteiger partial charge in [0.15, 0.2) is 0 Å². The molecule has 8 aromatic carbocycles. The van der Waals surface area contributed by atoms with Gasteiger partial charge >= 0.3 is 21.1 Å². The molecule has 6 nitrogen and oxygen atoms in total. The summed E-state index contributed by atoms with van der Waals surface area (Å²) in [6.07, 6.45) is 1.84. The van der Waals surface area contributed by atoms with E-state index in [2.05, 4.69) is 143 Å². The predicted molar refractivity (Wildman–Crippen MR) is 241 cm³/mol. The van der Waals surface area contributed by atoms with Crippen molar-refractivity contribution in [3.05, 3.63) is 206 Å². The number of hydrogen-bond acceptors (Lipinski definition) is 4. The van der Waals surface area contributed by atoms with Gasteiger partial charge in [0.1, 0.15) is 5.58 Å². The fraction of sp³-hybridized carbons (Fsp3) is 0. The van der Waals surface area contributed by atoms with Crippen LogP contribution in [0.2, 0.25) is 0 Å². The van der Waals surface area contributed by atoms with Crippen molar-refractivity contribution >= 4 is 54.8 Å². The fourth-order valence-electron chi connectivity index (χ4n) is 8.47. The zero-order valence-corrected chi connectivity index (χ0v) is 34.7. The molecule has 12 aromatic rings. The molecular weight excluding hydrogens is 932 g/mol. The first-order valence-electron chi connectivity index (χ1n) is 19.9. The summed E-state index contributed by atoms with van der Waals surface area (Å²) in [5.74, 6) is 1.83. The van der Waals surface area contributed by atoms with Crippen molar-refractivity contribution in [2.75, 3.05) is 0 Å². The van der Waals surface area contributed by atoms with E-state index in [0.29, 0.717) is 22.6 Å². The molecule has 0 N–H and O–H groups in total. The molecule has 0 aliphatic heterocycles. The smallest absolute Gasteiger partial charge is 0.503 e. The molecule has 0 amide bonds. The van der Waals surface area contributed by atoms with Crippen molar-refractivity contribution < 1.29 is 30.2 Å². The zero-order chi connectivity index (χ0) is 39.6. The van der Waals surface area contributed by atoms with Gasteiger partial charge in [0.2, 0.25) is 5.95 Å². The van der Waals surface area contributed by atoms with Crippen LogP contribution < -0.4 is 4.74 Å². The third kappa shape index (κ3) is 6.23. The summed E-state index contributed by atoms with van der Waals surface area (Å²) in [7, 11) is 0. The summed E-state index contributed by atoms with van der Waals surface area (Å²) in [6.45, 7) is 0. The molecule has 0 spiro atoms. The summed E-state index contributed by atoms with van der Waals surface area (Å²) in [6, 6.07) is 71.5. The fourth-order valence-corrected chi connectivity index (χ4v) is 8.47. The molecule has 4 heterocycles. The van der Waals surface area contributed by atoms with E-state index in [-0.39, 0.29) is 21.1 Å². The average Bonchev–Trinajstić information content (AvgIpc) is 3.98. The average molecular weight is 964 g/mol. The number of benzene rings is 8. The first-order chi connectivity index (χ1) is 29.7. The van der Waals surface area contributed by atoms with Gasteiger partial charge in [0.25, 0.3) is 0 Å². The number of furan rings is 1. The van der Waals surface area contributed by atoms with Crippen LogP contribution in [0.5, 0.6) is 11.5 Å². The molecule has 290 valence electrons. The standard InChI is InChI=1S/C54H32N4O2.Pt/c1-4-14-35(15-5-1)37-24-26-44-45-32-41(33-46(53(45)60-52(44)31-37)48-30-38(28-29-55-48)36-16-6-2-7-17-36)59-40-25-27-43-42-20-10-12-22-49(42)58(51(43)34-40)54-56-47-21-11-13-23-50(47)57(54)39-18-8-3-9-19-39;/h1-32H;/q-2;+2. The number of para-hydroxylation sites is 4. The molecule has 7 heteroatoms. The first kappa shape index (κ1) is 36.5. The second-order valence-corrected chi connectivity index (χ2v) is 14.8. The van der Waals surface area contributed by atoms with Gasteiger partial charge in [0, 0.05) is 34.3 Å². The Labute approximate surface area is 365 Å². The van der Waals surface area contributed by atoms with Crippen molar-refractivity contribution in [3.8, 4) is 56.6 Å². The number of fused-ring (bicyclic) bond motifs is 7. The Hall–Kier alpha value is -7.53. The molecule has 0 unspecified atom stereocenters. The molecule has 0 fully saturated rings. The van der Waals surface area contributed by atoms with E-state index >= 15 is 0 Å². The van der Waals surface area contributed by atoms with E-state index in [1.807, 2.05) is 72.9 Å². The Morgan fingerprint density at radius 3 is 1.95 bits per heavy atom. The number of ether oxygens (including phenoxy) is 1. The number of pyridine rings is 1. The van der Waals surface area contributed by atoms with E-state index in [1.54, 1.807) is 0 Å². The van der Waals surface area contributed by atoms with Crippen molar-refractivity contribution in [3.63, 3.8) is 0 Å². The molecule has 0 radical (unpaired) electrons. The molecule has 0 bridgehead atoms. The molecule has 0 saturated carbocycles. The minimum Gasteiger partial charge on any atom is -0.503 e. The van der Waals surface area contributed by atoms with Crippen LogP contribution in [0.1, 0.15) is 0 Å². The minimum absolute atomic E-state index is 0. The van der Waals surface area contributed by atoms with Gasteiger partial charge in [-0.05, 0) is 75.8 Å². The number of nitrogens with zero attached hydrogens (tertiary/aromatic N) is 4. The third-order valence-corrected chi connectivity index (χ3v) is 11.2. The van der Waals surface area contributed by atoms with Crippen LogP contribution in [0.25, 0.3) is 99.9 Å². The Kier molecular flexibility index (Phi) is 8.95. The van der Waals surface area contributed by atoms with Gasteiger partial charge in [0.05, 0.1) is 16.6 Å². The van der Waals surface area contributed by atoms with Crippen molar-refractivity contribution in [2.45, 2.75) is 0 Å². The van der Waals surface area contributed by atoms with Crippen molar-refractivity contribution in [2.24, 2.45) is 0 Å². The maximum absolute atomic E-state index is 6.82. The summed E-state index contributed by atoms with van der Waals surface area (Å²) in [5.41, 5.74) is 12.1. The Morgan fingerprint density at radius 2 is 1.16 bits per heavy atom. The summed E-state index contributed by atoms with van der Waals surface area (Å²) >= 11 is 0. The monoisotopic (exact) mass is 963 g/mol. The van der Waals surface area contributed by atoms with Crippen LogP contribution in [0.3, 0.4) is 0 Å². The van der Waals surface area contributed by atoms with Gasteiger partial charge < -0.3 is 18.7 Å². The van der Waals surface area contributed by atoms with Gasteiger partial charge in [-0.1, -0.05) is 156 Å².